The molecule has 0 saturated heterocycles. The minimum atomic E-state index is 0.0100. The van der Waals surface area contributed by atoms with E-state index in [2.05, 4.69) is 22.4 Å². The number of aromatic nitrogens is 2. The molecule has 5 nitrogen and oxygen atoms in total. The lowest BCUT2D eigenvalue weighted by molar-refractivity contribution is -0.116. The van der Waals surface area contributed by atoms with E-state index in [-0.39, 0.29) is 5.91 Å². The van der Waals surface area contributed by atoms with Crippen LogP contribution in [0.2, 0.25) is 0 Å². The van der Waals surface area contributed by atoms with E-state index in [4.69, 9.17) is 4.74 Å². The highest BCUT2D eigenvalue weighted by Crippen LogP contribution is 2.26. The molecule has 1 amide bonds. The van der Waals surface area contributed by atoms with Crippen LogP contribution in [-0.2, 0) is 4.79 Å². The van der Waals surface area contributed by atoms with Gasteiger partial charge in [0.25, 0.3) is 0 Å². The number of carbonyl (C=O) groups is 1. The van der Waals surface area contributed by atoms with Crippen LogP contribution in [-0.4, -0.2) is 28.5 Å². The number of hydrogen-bond donors (Lipinski definition) is 1. The standard InChI is InChI=1S/C16H21N3O2S2/c1-2-3-10-14(20)17-15-18-19-16(23-15)22-12-7-11-21-13-8-5-4-6-9-13/h4-6,8-9H,2-3,7,10-12H2,1H3,(H,17,18,20). The number of nitrogens with zero attached hydrogens (tertiary/aromatic N) is 2. The lowest BCUT2D eigenvalue weighted by Crippen LogP contribution is -2.10. The topological polar surface area (TPSA) is 64.1 Å². The zero-order valence-electron chi connectivity index (χ0n) is 13.2. The first kappa shape index (κ1) is 17.7. The summed E-state index contributed by atoms with van der Waals surface area (Å²) in [5, 5.41) is 11.4. The molecule has 0 saturated carbocycles. The first-order chi connectivity index (χ1) is 11.3. The maximum absolute atomic E-state index is 11.6. The first-order valence-electron chi connectivity index (χ1n) is 7.72. The summed E-state index contributed by atoms with van der Waals surface area (Å²) in [4.78, 5) is 11.6. The molecule has 1 heterocycles. The minimum Gasteiger partial charge on any atom is -0.494 e. The summed E-state index contributed by atoms with van der Waals surface area (Å²) in [7, 11) is 0. The van der Waals surface area contributed by atoms with Crippen molar-refractivity contribution in [2.75, 3.05) is 17.7 Å². The Morgan fingerprint density at radius 3 is 2.87 bits per heavy atom. The minimum absolute atomic E-state index is 0.0100. The van der Waals surface area contributed by atoms with Crippen molar-refractivity contribution in [2.24, 2.45) is 0 Å². The third-order valence-corrected chi connectivity index (χ3v) is 4.99. The van der Waals surface area contributed by atoms with E-state index in [1.54, 1.807) is 11.8 Å². The Morgan fingerprint density at radius 2 is 2.09 bits per heavy atom. The lowest BCUT2D eigenvalue weighted by Gasteiger charge is -2.04. The monoisotopic (exact) mass is 351 g/mol. The normalized spacial score (nSPS) is 10.5. The zero-order valence-corrected chi connectivity index (χ0v) is 14.8. The molecule has 0 fully saturated rings. The van der Waals surface area contributed by atoms with Crippen LogP contribution in [0, 0.1) is 0 Å². The van der Waals surface area contributed by atoms with Crippen LogP contribution in [0.3, 0.4) is 0 Å². The van der Waals surface area contributed by atoms with Crippen LogP contribution in [0.5, 0.6) is 5.75 Å². The Labute approximate surface area is 144 Å². The molecule has 0 spiro atoms. The highest BCUT2D eigenvalue weighted by atomic mass is 32.2. The van der Waals surface area contributed by atoms with Crippen LogP contribution < -0.4 is 10.1 Å². The zero-order chi connectivity index (χ0) is 16.3. The van der Waals surface area contributed by atoms with Crippen molar-refractivity contribution in [3.05, 3.63) is 30.3 Å². The molecule has 23 heavy (non-hydrogen) atoms. The second-order valence-corrected chi connectivity index (χ2v) is 7.21. The number of rotatable bonds is 10. The Hall–Kier alpha value is -1.60. The molecule has 1 N–H and O–H groups in total. The van der Waals surface area contributed by atoms with Gasteiger partial charge in [-0.15, -0.1) is 10.2 Å². The summed E-state index contributed by atoms with van der Waals surface area (Å²) in [5.41, 5.74) is 0. The van der Waals surface area contributed by atoms with Gasteiger partial charge in [-0.25, -0.2) is 0 Å². The van der Waals surface area contributed by atoms with Gasteiger partial charge < -0.3 is 10.1 Å². The third kappa shape index (κ3) is 7.00. The van der Waals surface area contributed by atoms with Gasteiger partial charge in [0, 0.05) is 12.2 Å². The second-order valence-electron chi connectivity index (χ2n) is 4.89. The number of thioether (sulfide) groups is 1. The van der Waals surface area contributed by atoms with Crippen LogP contribution in [0.4, 0.5) is 5.13 Å². The molecule has 0 aliphatic carbocycles. The van der Waals surface area contributed by atoms with Gasteiger partial charge in [0.2, 0.25) is 11.0 Å². The number of hydrogen-bond acceptors (Lipinski definition) is 6. The predicted octanol–water partition coefficient (Wildman–Crippen LogP) is 4.23. The van der Waals surface area contributed by atoms with Crippen molar-refractivity contribution in [1.29, 1.82) is 0 Å². The van der Waals surface area contributed by atoms with Gasteiger partial charge >= 0.3 is 0 Å². The molecule has 0 aliphatic heterocycles. The van der Waals surface area contributed by atoms with E-state index in [9.17, 15) is 4.79 Å². The number of unbranched alkanes of at least 4 members (excludes halogenated alkanes) is 1. The Bertz CT molecular complexity index is 590. The van der Waals surface area contributed by atoms with Crippen molar-refractivity contribution in [2.45, 2.75) is 36.9 Å². The van der Waals surface area contributed by atoms with E-state index in [0.29, 0.717) is 18.2 Å². The largest absolute Gasteiger partial charge is 0.494 e. The molecule has 7 heteroatoms. The van der Waals surface area contributed by atoms with E-state index in [1.165, 1.54) is 11.3 Å². The van der Waals surface area contributed by atoms with E-state index < -0.39 is 0 Å². The third-order valence-electron chi connectivity index (χ3n) is 2.94. The summed E-state index contributed by atoms with van der Waals surface area (Å²) < 4.78 is 6.51. The predicted molar refractivity (Wildman–Crippen MR) is 95.3 cm³/mol. The molecule has 124 valence electrons. The number of nitrogens with one attached hydrogen (secondary N) is 1. The van der Waals surface area contributed by atoms with Crippen molar-refractivity contribution < 1.29 is 9.53 Å². The molecular formula is C16H21N3O2S2. The maximum atomic E-state index is 11.6. The SMILES string of the molecule is CCCCC(=O)Nc1nnc(SCCCOc2ccccc2)s1. The van der Waals surface area contributed by atoms with Crippen molar-refractivity contribution in [1.82, 2.24) is 10.2 Å². The summed E-state index contributed by atoms with van der Waals surface area (Å²) in [6.07, 6.45) is 3.37. The second kappa shape index (κ2) is 10.2. The van der Waals surface area contributed by atoms with Gasteiger partial charge in [-0.3, -0.25) is 4.79 Å². The summed E-state index contributed by atoms with van der Waals surface area (Å²) in [6.45, 7) is 2.74. The van der Waals surface area contributed by atoms with Gasteiger partial charge in [-0.1, -0.05) is 54.6 Å². The molecule has 2 rings (SSSR count). The van der Waals surface area contributed by atoms with E-state index in [0.717, 1.165) is 35.1 Å². The quantitative estimate of drug-likeness (QED) is 0.394. The molecule has 0 unspecified atom stereocenters. The number of benzene rings is 1. The van der Waals surface area contributed by atoms with Crippen LogP contribution in [0.1, 0.15) is 32.6 Å². The fourth-order valence-corrected chi connectivity index (χ4v) is 3.51. The van der Waals surface area contributed by atoms with Crippen LogP contribution in [0.25, 0.3) is 0 Å². The molecule has 1 aromatic carbocycles. The number of amides is 1. The van der Waals surface area contributed by atoms with Crippen molar-refractivity contribution in [3.63, 3.8) is 0 Å². The summed E-state index contributed by atoms with van der Waals surface area (Å²) >= 11 is 3.05. The lowest BCUT2D eigenvalue weighted by atomic mass is 10.2. The van der Waals surface area contributed by atoms with Gasteiger partial charge in [0.15, 0.2) is 4.34 Å². The molecule has 0 aliphatic rings. The first-order valence-corrected chi connectivity index (χ1v) is 9.52. The van der Waals surface area contributed by atoms with Gasteiger partial charge in [0.05, 0.1) is 6.61 Å². The van der Waals surface area contributed by atoms with Crippen LogP contribution >= 0.6 is 23.1 Å². The number of para-hydroxylation sites is 1. The maximum Gasteiger partial charge on any atom is 0.226 e. The molecule has 0 bridgehead atoms. The fraction of sp³-hybridized carbons (Fsp3) is 0.438. The Kier molecular flexibility index (Phi) is 7.89. The van der Waals surface area contributed by atoms with E-state index >= 15 is 0 Å². The number of carbonyl (C=O) groups excluding carboxylic acids is 1. The van der Waals surface area contributed by atoms with Gasteiger partial charge in [-0.2, -0.15) is 0 Å². The van der Waals surface area contributed by atoms with E-state index in [1.807, 2.05) is 30.3 Å². The highest BCUT2D eigenvalue weighted by molar-refractivity contribution is 8.01. The average Bonchev–Trinajstić information content (AvgIpc) is 3.01. The number of ether oxygens (including phenoxy) is 1. The molecule has 1 aromatic heterocycles. The van der Waals surface area contributed by atoms with Gasteiger partial charge in [-0.05, 0) is 25.0 Å². The van der Waals surface area contributed by atoms with Crippen molar-refractivity contribution >= 4 is 34.1 Å². The Balaban J connectivity index is 1.62. The van der Waals surface area contributed by atoms with Crippen molar-refractivity contribution in [3.8, 4) is 5.75 Å². The van der Waals surface area contributed by atoms with Gasteiger partial charge in [0.1, 0.15) is 5.75 Å². The number of anilines is 1. The highest BCUT2D eigenvalue weighted by Gasteiger charge is 2.08. The summed E-state index contributed by atoms with van der Waals surface area (Å²) in [6, 6.07) is 9.79. The summed E-state index contributed by atoms with van der Waals surface area (Å²) in [5.74, 6) is 1.81. The smallest absolute Gasteiger partial charge is 0.226 e. The Morgan fingerprint density at radius 1 is 1.26 bits per heavy atom. The van der Waals surface area contributed by atoms with Crippen LogP contribution in [0.15, 0.2) is 34.7 Å². The average molecular weight is 351 g/mol. The molecule has 0 atom stereocenters. The fourth-order valence-electron chi connectivity index (χ4n) is 1.76. The molecule has 2 aromatic rings. The molecule has 0 radical (unpaired) electrons. The molecular weight excluding hydrogens is 330 g/mol.